The van der Waals surface area contributed by atoms with Crippen LogP contribution in [0.1, 0.15) is 51.0 Å². The second-order valence-corrected chi connectivity index (χ2v) is 7.71. The Hall–Kier alpha value is -1.05. The molecule has 0 saturated carbocycles. The maximum Gasteiger partial charge on any atom is 1.00 e. The van der Waals surface area contributed by atoms with Crippen molar-refractivity contribution >= 4 is 10.1 Å². The quantitative estimate of drug-likeness (QED) is 0.373. The molecule has 0 spiro atoms. The van der Waals surface area contributed by atoms with Gasteiger partial charge >= 0.3 is 29.6 Å². The van der Waals surface area contributed by atoms with E-state index in [2.05, 4.69) is 6.92 Å². The molecule has 0 saturated heterocycles. The first-order valence-electron chi connectivity index (χ1n) is 8.96. The molecule has 2 rings (SSSR count). The van der Waals surface area contributed by atoms with E-state index in [1.165, 1.54) is 12.8 Å². The van der Waals surface area contributed by atoms with Crippen LogP contribution in [0.4, 0.5) is 0 Å². The molecule has 142 valence electrons. The largest absolute Gasteiger partial charge is 1.00 e. The first kappa shape index (κ1) is 24.0. The monoisotopic (exact) mass is 400 g/mol. The average molecular weight is 400 g/mol. The van der Waals surface area contributed by atoms with E-state index in [0.29, 0.717) is 17.7 Å². The van der Waals surface area contributed by atoms with Gasteiger partial charge in [0.25, 0.3) is 10.1 Å². The number of rotatable bonds is 10. The van der Waals surface area contributed by atoms with Crippen LogP contribution in [0, 0.1) is 0 Å². The summed E-state index contributed by atoms with van der Waals surface area (Å²) in [6, 6.07) is 11.5. The Labute approximate surface area is 183 Å². The molecule has 0 aliphatic carbocycles. The van der Waals surface area contributed by atoms with Crippen molar-refractivity contribution in [1.29, 1.82) is 0 Å². The van der Waals surface area contributed by atoms with E-state index >= 15 is 0 Å². The Bertz CT molecular complexity index is 807. The van der Waals surface area contributed by atoms with Gasteiger partial charge in [0, 0.05) is 6.07 Å². The summed E-state index contributed by atoms with van der Waals surface area (Å²) >= 11 is 0. The smallest absolute Gasteiger partial charge is 0.871 e. The topological polar surface area (TPSA) is 86.7 Å². The van der Waals surface area contributed by atoms with Crippen LogP contribution < -0.4 is 39.4 Å². The van der Waals surface area contributed by atoms with Gasteiger partial charge < -0.3 is 9.84 Å². The summed E-state index contributed by atoms with van der Waals surface area (Å²) in [4.78, 5) is -0.632. The Morgan fingerprint density at radius 1 is 0.963 bits per heavy atom. The van der Waals surface area contributed by atoms with E-state index in [9.17, 15) is 18.1 Å². The van der Waals surface area contributed by atoms with Gasteiger partial charge in [0.15, 0.2) is 0 Å². The van der Waals surface area contributed by atoms with Crippen LogP contribution in [0.5, 0.6) is 17.2 Å². The zero-order valence-corrected chi connectivity index (χ0v) is 18.8. The van der Waals surface area contributed by atoms with Crippen molar-refractivity contribution < 1.29 is 52.4 Å². The first-order chi connectivity index (χ1) is 12.4. The zero-order chi connectivity index (χ0) is 19.0. The van der Waals surface area contributed by atoms with Crippen molar-refractivity contribution in [3.8, 4) is 17.2 Å². The minimum atomic E-state index is -4.61. The molecule has 0 aromatic heterocycles. The molecule has 0 aliphatic heterocycles. The van der Waals surface area contributed by atoms with Crippen molar-refractivity contribution in [1.82, 2.24) is 0 Å². The van der Waals surface area contributed by atoms with Crippen LogP contribution in [-0.4, -0.2) is 13.0 Å². The van der Waals surface area contributed by atoms with Gasteiger partial charge in [-0.3, -0.25) is 4.55 Å². The number of hydrogen-bond acceptors (Lipinski definition) is 4. The number of ether oxygens (including phenoxy) is 1. The summed E-state index contributed by atoms with van der Waals surface area (Å²) in [5.74, 6) is 0.101. The third kappa shape index (κ3) is 7.84. The summed E-state index contributed by atoms with van der Waals surface area (Å²) in [6.07, 6.45) is 6.84. The molecule has 0 aliphatic rings. The second kappa shape index (κ2) is 11.7. The van der Waals surface area contributed by atoms with Gasteiger partial charge in [0.2, 0.25) is 0 Å². The molecule has 0 radical (unpaired) electrons. The zero-order valence-electron chi connectivity index (χ0n) is 16.0. The summed E-state index contributed by atoms with van der Waals surface area (Å²) < 4.78 is 38.1. The van der Waals surface area contributed by atoms with Gasteiger partial charge in [0.1, 0.15) is 11.5 Å². The van der Waals surface area contributed by atoms with Crippen molar-refractivity contribution in [3.63, 3.8) is 0 Å². The summed E-state index contributed by atoms with van der Waals surface area (Å²) in [5.41, 5.74) is 0.349. The SMILES string of the molecule is CCCCCCCCc1cc(Oc2ccccc2)cc(S(=O)(=O)O)c1[O-].[Na+]. The number of unbranched alkanes of at least 4 members (excludes halogenated alkanes) is 5. The summed E-state index contributed by atoms with van der Waals surface area (Å²) in [7, 11) is -4.61. The minimum Gasteiger partial charge on any atom is -0.871 e. The predicted octanol–water partition coefficient (Wildman–Crippen LogP) is 1.71. The molecular weight excluding hydrogens is 375 g/mol. The standard InChI is InChI=1S/C20H26O5S.Na/c1-2-3-4-5-6-8-11-16-14-18(25-17-12-9-7-10-13-17)15-19(20(16)21)26(22,23)24;/h7,9-10,12-15,21H,2-6,8,11H2,1H3,(H,22,23,24);/q;+1/p-1. The third-order valence-electron chi connectivity index (χ3n) is 4.16. The van der Waals surface area contributed by atoms with Gasteiger partial charge in [-0.15, -0.1) is 0 Å². The van der Waals surface area contributed by atoms with E-state index in [0.717, 1.165) is 31.7 Å². The van der Waals surface area contributed by atoms with E-state index < -0.39 is 20.8 Å². The molecule has 2 aromatic carbocycles. The Morgan fingerprint density at radius 3 is 2.22 bits per heavy atom. The van der Waals surface area contributed by atoms with Crippen LogP contribution in [-0.2, 0) is 16.5 Å². The van der Waals surface area contributed by atoms with Gasteiger partial charge in [0.05, 0.1) is 4.90 Å². The Morgan fingerprint density at radius 2 is 1.59 bits per heavy atom. The fourth-order valence-electron chi connectivity index (χ4n) is 2.79. The molecule has 0 fully saturated rings. The molecule has 0 heterocycles. The van der Waals surface area contributed by atoms with Crippen LogP contribution in [0.25, 0.3) is 0 Å². The molecule has 1 N–H and O–H groups in total. The van der Waals surface area contributed by atoms with E-state index in [1.54, 1.807) is 30.3 Å². The molecule has 0 amide bonds. The molecule has 0 bridgehead atoms. The van der Waals surface area contributed by atoms with E-state index in [4.69, 9.17) is 4.74 Å². The fourth-order valence-corrected chi connectivity index (χ4v) is 3.42. The first-order valence-corrected chi connectivity index (χ1v) is 10.4. The molecule has 2 aromatic rings. The molecule has 5 nitrogen and oxygen atoms in total. The number of hydrogen-bond donors (Lipinski definition) is 1. The molecule has 0 unspecified atom stereocenters. The molecule has 7 heteroatoms. The van der Waals surface area contributed by atoms with Crippen LogP contribution in [0.3, 0.4) is 0 Å². The summed E-state index contributed by atoms with van der Waals surface area (Å²) in [6.45, 7) is 2.15. The van der Waals surface area contributed by atoms with E-state index in [1.807, 2.05) is 6.07 Å². The summed E-state index contributed by atoms with van der Waals surface area (Å²) in [5, 5.41) is 12.4. The van der Waals surface area contributed by atoms with Crippen molar-refractivity contribution in [2.75, 3.05) is 0 Å². The Balaban J connectivity index is 0.00000364. The second-order valence-electron chi connectivity index (χ2n) is 6.32. The maximum absolute atomic E-state index is 12.4. The normalized spacial score (nSPS) is 11.0. The maximum atomic E-state index is 12.4. The van der Waals surface area contributed by atoms with Crippen molar-refractivity contribution in [3.05, 3.63) is 48.0 Å². The minimum absolute atomic E-state index is 0. The van der Waals surface area contributed by atoms with E-state index in [-0.39, 0.29) is 35.3 Å². The molecule has 0 atom stereocenters. The van der Waals surface area contributed by atoms with Crippen LogP contribution in [0.15, 0.2) is 47.4 Å². The third-order valence-corrected chi connectivity index (χ3v) is 5.02. The van der Waals surface area contributed by atoms with Gasteiger partial charge in [-0.2, -0.15) is 8.42 Å². The Kier molecular flexibility index (Phi) is 10.4. The molecule has 27 heavy (non-hydrogen) atoms. The number of para-hydroxylation sites is 1. The van der Waals surface area contributed by atoms with Gasteiger partial charge in [-0.1, -0.05) is 68.5 Å². The van der Waals surface area contributed by atoms with Crippen molar-refractivity contribution in [2.45, 2.75) is 56.8 Å². The number of aryl methyl sites for hydroxylation is 1. The van der Waals surface area contributed by atoms with Crippen LogP contribution in [0.2, 0.25) is 0 Å². The van der Waals surface area contributed by atoms with Crippen LogP contribution >= 0.6 is 0 Å². The predicted molar refractivity (Wildman–Crippen MR) is 99.3 cm³/mol. The van der Waals surface area contributed by atoms with Gasteiger partial charge in [-0.25, -0.2) is 0 Å². The van der Waals surface area contributed by atoms with Gasteiger partial charge in [-0.05, 0) is 31.0 Å². The number of benzene rings is 2. The average Bonchev–Trinajstić information content (AvgIpc) is 2.60. The molecular formula is C20H25NaO5S. The van der Waals surface area contributed by atoms with Crippen molar-refractivity contribution in [2.24, 2.45) is 0 Å². The fraction of sp³-hybridized carbons (Fsp3) is 0.400.